The molecule has 8 heteroatoms. The number of nitrogens with zero attached hydrogens (tertiary/aromatic N) is 5. The number of carbonyl (C=O) groups is 1. The first-order valence-electron chi connectivity index (χ1n) is 10.8. The first kappa shape index (κ1) is 20.1. The highest BCUT2D eigenvalue weighted by Crippen LogP contribution is 2.22. The maximum Gasteiger partial charge on any atom is 0.279 e. The van der Waals surface area contributed by atoms with Gasteiger partial charge in [-0.15, -0.1) is 0 Å². The van der Waals surface area contributed by atoms with Crippen LogP contribution in [0.4, 0.5) is 5.69 Å². The summed E-state index contributed by atoms with van der Waals surface area (Å²) in [5, 5.41) is 7.14. The lowest BCUT2D eigenvalue weighted by molar-refractivity contribution is 0.102. The molecule has 1 aliphatic heterocycles. The highest BCUT2D eigenvalue weighted by molar-refractivity contribution is 6.08. The van der Waals surface area contributed by atoms with E-state index in [9.17, 15) is 9.59 Å². The van der Waals surface area contributed by atoms with Crippen molar-refractivity contribution in [3.8, 4) is 0 Å². The molecule has 8 nitrogen and oxygen atoms in total. The minimum Gasteiger partial charge on any atom is -0.329 e. The summed E-state index contributed by atoms with van der Waals surface area (Å²) in [6.07, 6.45) is 5.45. The van der Waals surface area contributed by atoms with E-state index >= 15 is 0 Å². The molecule has 162 valence electrons. The molecular formula is C24H24N6O2. The van der Waals surface area contributed by atoms with Crippen molar-refractivity contribution >= 4 is 17.2 Å². The molecule has 1 amide bonds. The predicted molar refractivity (Wildman–Crippen MR) is 122 cm³/mol. The number of carbonyl (C=O) groups excluding carboxylic acids is 1. The summed E-state index contributed by atoms with van der Waals surface area (Å²) >= 11 is 0. The zero-order valence-corrected chi connectivity index (χ0v) is 17.9. The minimum atomic E-state index is -0.309. The maximum absolute atomic E-state index is 13.4. The zero-order valence-electron chi connectivity index (χ0n) is 17.9. The Morgan fingerprint density at radius 1 is 1.12 bits per heavy atom. The van der Waals surface area contributed by atoms with Gasteiger partial charge in [0.25, 0.3) is 11.5 Å². The SMILES string of the molecule is CCn1c2c(c(=O)n3ncc(C(=O)Nc4cccnc4)c13)CN(Cc1ccccc1)CC2. The number of aryl methyl sites for hydroxylation is 1. The van der Waals surface area contributed by atoms with E-state index < -0.39 is 0 Å². The molecule has 1 aliphatic rings. The van der Waals surface area contributed by atoms with Crippen molar-refractivity contribution in [2.75, 3.05) is 11.9 Å². The average molecular weight is 428 g/mol. The van der Waals surface area contributed by atoms with Crippen molar-refractivity contribution in [3.05, 3.63) is 93.8 Å². The standard InChI is InChI=1S/C24H24N6O2/c1-2-29-21-10-12-28(15-17-7-4-3-5-8-17)16-20(21)24(32)30-23(29)19(14-26-30)22(31)27-18-9-6-11-25-13-18/h3-9,11,13-14H,2,10,12,15-16H2,1H3,(H,27,31). The van der Waals surface area contributed by atoms with Crippen LogP contribution in [0.5, 0.6) is 0 Å². The molecule has 3 aromatic heterocycles. The molecule has 0 radical (unpaired) electrons. The van der Waals surface area contributed by atoms with Gasteiger partial charge in [-0.25, -0.2) is 0 Å². The largest absolute Gasteiger partial charge is 0.329 e. The number of rotatable bonds is 5. The molecule has 32 heavy (non-hydrogen) atoms. The number of aromatic nitrogens is 4. The Balaban J connectivity index is 1.52. The third-order valence-corrected chi connectivity index (χ3v) is 5.90. The maximum atomic E-state index is 13.4. The lowest BCUT2D eigenvalue weighted by Gasteiger charge is -2.30. The molecule has 0 aliphatic carbocycles. The summed E-state index contributed by atoms with van der Waals surface area (Å²) in [5.74, 6) is -0.309. The minimum absolute atomic E-state index is 0.155. The van der Waals surface area contributed by atoms with Crippen LogP contribution >= 0.6 is 0 Å². The first-order chi connectivity index (χ1) is 15.7. The Labute approximate surface area is 185 Å². The van der Waals surface area contributed by atoms with Crippen LogP contribution in [-0.2, 0) is 26.1 Å². The van der Waals surface area contributed by atoms with Gasteiger partial charge in [0.2, 0.25) is 0 Å². The fourth-order valence-electron chi connectivity index (χ4n) is 4.42. The summed E-state index contributed by atoms with van der Waals surface area (Å²) in [5.41, 5.74) is 4.32. The number of anilines is 1. The van der Waals surface area contributed by atoms with Gasteiger partial charge in [-0.2, -0.15) is 9.61 Å². The van der Waals surface area contributed by atoms with E-state index in [1.807, 2.05) is 25.1 Å². The second-order valence-corrected chi connectivity index (χ2v) is 7.91. The Bertz CT molecular complexity index is 1330. The fourth-order valence-corrected chi connectivity index (χ4v) is 4.42. The molecule has 5 rings (SSSR count). The fraction of sp³-hybridized carbons (Fsp3) is 0.250. The van der Waals surface area contributed by atoms with Crippen molar-refractivity contribution < 1.29 is 4.79 Å². The Morgan fingerprint density at radius 2 is 1.97 bits per heavy atom. The van der Waals surface area contributed by atoms with Gasteiger partial charge in [-0.1, -0.05) is 30.3 Å². The third-order valence-electron chi connectivity index (χ3n) is 5.90. The van der Waals surface area contributed by atoms with Crippen molar-refractivity contribution in [3.63, 3.8) is 0 Å². The average Bonchev–Trinajstić information content (AvgIpc) is 3.27. The number of pyridine rings is 1. The third kappa shape index (κ3) is 3.58. The Hall–Kier alpha value is -3.78. The van der Waals surface area contributed by atoms with Crippen LogP contribution in [0.3, 0.4) is 0 Å². The summed E-state index contributed by atoms with van der Waals surface area (Å²) in [6.45, 7) is 4.88. The molecule has 0 saturated heterocycles. The normalized spacial score (nSPS) is 13.8. The van der Waals surface area contributed by atoms with Crippen molar-refractivity contribution in [2.24, 2.45) is 0 Å². The number of hydrogen-bond donors (Lipinski definition) is 1. The number of benzene rings is 1. The summed E-state index contributed by atoms with van der Waals surface area (Å²) < 4.78 is 3.42. The Kier molecular flexibility index (Phi) is 5.28. The van der Waals surface area contributed by atoms with Gasteiger partial charge in [0.15, 0.2) is 5.65 Å². The lowest BCUT2D eigenvalue weighted by Crippen LogP contribution is -2.38. The highest BCUT2D eigenvalue weighted by atomic mass is 16.2. The topological polar surface area (TPSA) is 84.5 Å². The van der Waals surface area contributed by atoms with Gasteiger partial charge in [-0.05, 0) is 24.6 Å². The first-order valence-corrected chi connectivity index (χ1v) is 10.8. The van der Waals surface area contributed by atoms with Gasteiger partial charge in [-0.3, -0.25) is 19.5 Å². The lowest BCUT2D eigenvalue weighted by atomic mass is 10.0. The quantitative estimate of drug-likeness (QED) is 0.528. The van der Waals surface area contributed by atoms with Crippen molar-refractivity contribution in [1.29, 1.82) is 0 Å². The molecular weight excluding hydrogens is 404 g/mol. The van der Waals surface area contributed by atoms with Crippen LogP contribution in [0, 0.1) is 0 Å². The number of nitrogens with one attached hydrogen (secondary N) is 1. The number of fused-ring (bicyclic) bond motifs is 2. The smallest absolute Gasteiger partial charge is 0.279 e. The second-order valence-electron chi connectivity index (χ2n) is 7.91. The van der Waals surface area contributed by atoms with Crippen LogP contribution in [0.25, 0.3) is 5.65 Å². The molecule has 0 unspecified atom stereocenters. The molecule has 0 spiro atoms. The van der Waals surface area contributed by atoms with Crippen LogP contribution in [0.1, 0.15) is 34.1 Å². The van der Waals surface area contributed by atoms with E-state index in [0.717, 1.165) is 30.8 Å². The van der Waals surface area contributed by atoms with Crippen LogP contribution < -0.4 is 10.9 Å². The van der Waals surface area contributed by atoms with Crippen molar-refractivity contribution in [2.45, 2.75) is 33.0 Å². The molecule has 4 heterocycles. The molecule has 0 saturated carbocycles. The van der Waals surface area contributed by atoms with Crippen molar-refractivity contribution in [1.82, 2.24) is 24.1 Å². The van der Waals surface area contributed by atoms with E-state index in [1.165, 1.54) is 16.3 Å². The van der Waals surface area contributed by atoms with E-state index in [-0.39, 0.29) is 11.5 Å². The predicted octanol–water partition coefficient (Wildman–Crippen LogP) is 2.72. The van der Waals surface area contributed by atoms with Gasteiger partial charge in [0, 0.05) is 44.5 Å². The van der Waals surface area contributed by atoms with E-state index in [2.05, 4.69) is 37.0 Å². The van der Waals surface area contributed by atoms with Gasteiger partial charge in [0.05, 0.1) is 23.6 Å². The zero-order chi connectivity index (χ0) is 22.1. The van der Waals surface area contributed by atoms with Crippen LogP contribution in [0.15, 0.2) is 65.8 Å². The van der Waals surface area contributed by atoms with E-state index in [4.69, 9.17) is 0 Å². The summed E-state index contributed by atoms with van der Waals surface area (Å²) in [6, 6.07) is 13.8. The molecule has 0 bridgehead atoms. The van der Waals surface area contributed by atoms with Gasteiger partial charge >= 0.3 is 0 Å². The van der Waals surface area contributed by atoms with E-state index in [1.54, 1.807) is 24.5 Å². The van der Waals surface area contributed by atoms with Gasteiger partial charge < -0.3 is 9.88 Å². The summed E-state index contributed by atoms with van der Waals surface area (Å²) in [7, 11) is 0. The van der Waals surface area contributed by atoms with E-state index in [0.29, 0.717) is 30.0 Å². The summed E-state index contributed by atoms with van der Waals surface area (Å²) in [4.78, 5) is 32.6. The number of amides is 1. The monoisotopic (exact) mass is 428 g/mol. The molecule has 0 fully saturated rings. The van der Waals surface area contributed by atoms with Crippen LogP contribution in [0.2, 0.25) is 0 Å². The molecule has 1 N–H and O–H groups in total. The Morgan fingerprint density at radius 3 is 2.72 bits per heavy atom. The van der Waals surface area contributed by atoms with Gasteiger partial charge in [0.1, 0.15) is 5.56 Å². The molecule has 4 aromatic rings. The number of hydrogen-bond acceptors (Lipinski definition) is 5. The highest BCUT2D eigenvalue weighted by Gasteiger charge is 2.27. The van der Waals surface area contributed by atoms with Crippen LogP contribution in [-0.4, -0.2) is 36.5 Å². The second kappa shape index (κ2) is 8.39. The molecule has 0 atom stereocenters. The molecule has 1 aromatic carbocycles.